The van der Waals surface area contributed by atoms with E-state index in [1.165, 1.54) is 30.7 Å². The highest BCUT2D eigenvalue weighted by molar-refractivity contribution is 5.10. The Morgan fingerprint density at radius 1 is 1.18 bits per heavy atom. The molecule has 0 aliphatic heterocycles. The highest BCUT2D eigenvalue weighted by Crippen LogP contribution is 2.20. The van der Waals surface area contributed by atoms with Crippen LogP contribution in [0, 0.1) is 0 Å². The third-order valence-electron chi connectivity index (χ3n) is 4.06. The molecule has 0 spiro atoms. The van der Waals surface area contributed by atoms with E-state index >= 15 is 0 Å². The number of nitrogens with one attached hydrogen (secondary N) is 1. The molecule has 0 saturated carbocycles. The summed E-state index contributed by atoms with van der Waals surface area (Å²) in [5, 5.41) is 8.20. The summed E-state index contributed by atoms with van der Waals surface area (Å²) in [6, 6.07) is 2.21. The normalized spacial score (nSPS) is 12.1. The SMILES string of the molecule is CCc1cc(CNC(CC)(CC)CC)n(C)n1. The molecule has 3 nitrogen and oxygen atoms in total. The van der Waals surface area contributed by atoms with Crippen LogP contribution in [0.25, 0.3) is 0 Å². The maximum Gasteiger partial charge on any atom is 0.0625 e. The highest BCUT2D eigenvalue weighted by Gasteiger charge is 2.23. The van der Waals surface area contributed by atoms with Crippen LogP contribution in [-0.4, -0.2) is 15.3 Å². The van der Waals surface area contributed by atoms with Crippen molar-refractivity contribution in [1.82, 2.24) is 15.1 Å². The summed E-state index contributed by atoms with van der Waals surface area (Å²) in [7, 11) is 2.03. The number of aryl methyl sites for hydroxylation is 2. The third-order valence-corrected chi connectivity index (χ3v) is 4.06. The van der Waals surface area contributed by atoms with Crippen LogP contribution in [0.4, 0.5) is 0 Å². The van der Waals surface area contributed by atoms with Gasteiger partial charge in [0.2, 0.25) is 0 Å². The predicted molar refractivity (Wildman–Crippen MR) is 73.0 cm³/mol. The zero-order chi connectivity index (χ0) is 12.9. The summed E-state index contributed by atoms with van der Waals surface area (Å²) in [5.74, 6) is 0. The Morgan fingerprint density at radius 2 is 1.76 bits per heavy atom. The van der Waals surface area contributed by atoms with Crippen LogP contribution in [0.3, 0.4) is 0 Å². The van der Waals surface area contributed by atoms with Crippen molar-refractivity contribution in [3.8, 4) is 0 Å². The van der Waals surface area contributed by atoms with E-state index in [4.69, 9.17) is 0 Å². The van der Waals surface area contributed by atoms with Gasteiger partial charge in [-0.25, -0.2) is 0 Å². The Kier molecular flexibility index (Phi) is 5.19. The maximum atomic E-state index is 4.48. The maximum absolute atomic E-state index is 4.48. The Morgan fingerprint density at radius 3 is 2.18 bits per heavy atom. The van der Waals surface area contributed by atoms with Gasteiger partial charge in [-0.15, -0.1) is 0 Å². The number of hydrogen-bond donors (Lipinski definition) is 1. The van der Waals surface area contributed by atoms with Gasteiger partial charge in [-0.2, -0.15) is 5.10 Å². The van der Waals surface area contributed by atoms with E-state index in [0.29, 0.717) is 0 Å². The van der Waals surface area contributed by atoms with Gasteiger partial charge in [0.25, 0.3) is 0 Å². The largest absolute Gasteiger partial charge is 0.306 e. The summed E-state index contributed by atoms with van der Waals surface area (Å²) < 4.78 is 2.00. The van der Waals surface area contributed by atoms with Crippen molar-refractivity contribution >= 4 is 0 Å². The molecule has 0 radical (unpaired) electrons. The fraction of sp³-hybridized carbons (Fsp3) is 0.786. The molecule has 98 valence electrons. The van der Waals surface area contributed by atoms with Crippen molar-refractivity contribution in [2.75, 3.05) is 0 Å². The summed E-state index contributed by atoms with van der Waals surface area (Å²) in [5.41, 5.74) is 2.75. The molecule has 0 bridgehead atoms. The first-order valence-corrected chi connectivity index (χ1v) is 6.87. The van der Waals surface area contributed by atoms with E-state index in [0.717, 1.165) is 13.0 Å². The zero-order valence-electron chi connectivity index (χ0n) is 12.0. The summed E-state index contributed by atoms with van der Waals surface area (Å²) in [6.45, 7) is 9.86. The summed E-state index contributed by atoms with van der Waals surface area (Å²) in [6.07, 6.45) is 4.55. The van der Waals surface area contributed by atoms with E-state index < -0.39 is 0 Å². The molecule has 17 heavy (non-hydrogen) atoms. The molecule has 1 rings (SSSR count). The van der Waals surface area contributed by atoms with E-state index in [-0.39, 0.29) is 5.54 Å². The quantitative estimate of drug-likeness (QED) is 0.790. The second-order valence-electron chi connectivity index (χ2n) is 4.80. The lowest BCUT2D eigenvalue weighted by Crippen LogP contribution is -2.43. The van der Waals surface area contributed by atoms with Gasteiger partial charge in [-0.05, 0) is 31.7 Å². The average Bonchev–Trinajstić information content (AvgIpc) is 2.73. The van der Waals surface area contributed by atoms with Crippen molar-refractivity contribution in [2.24, 2.45) is 7.05 Å². The second kappa shape index (κ2) is 6.20. The minimum absolute atomic E-state index is 0.288. The van der Waals surface area contributed by atoms with Crippen LogP contribution in [0.15, 0.2) is 6.07 Å². The molecule has 0 atom stereocenters. The number of rotatable bonds is 7. The van der Waals surface area contributed by atoms with Crippen LogP contribution in [0.1, 0.15) is 58.3 Å². The zero-order valence-corrected chi connectivity index (χ0v) is 12.0. The van der Waals surface area contributed by atoms with Crippen molar-refractivity contribution in [3.05, 3.63) is 17.5 Å². The molecular weight excluding hydrogens is 210 g/mol. The minimum atomic E-state index is 0.288. The molecule has 1 N–H and O–H groups in total. The Hall–Kier alpha value is -0.830. The van der Waals surface area contributed by atoms with Crippen LogP contribution >= 0.6 is 0 Å². The molecule has 0 amide bonds. The Balaban J connectivity index is 2.68. The molecule has 1 aromatic heterocycles. The van der Waals surface area contributed by atoms with Crippen molar-refractivity contribution in [3.63, 3.8) is 0 Å². The third kappa shape index (κ3) is 3.32. The first-order valence-electron chi connectivity index (χ1n) is 6.87. The molecule has 0 aliphatic rings. The lowest BCUT2D eigenvalue weighted by Gasteiger charge is -2.32. The standard InChI is InChI=1S/C14H27N3/c1-6-12-10-13(17(5)16-12)11-15-14(7-2,8-3)9-4/h10,15H,6-9,11H2,1-5H3. The van der Waals surface area contributed by atoms with Crippen molar-refractivity contribution in [2.45, 2.75) is 65.5 Å². The van der Waals surface area contributed by atoms with Gasteiger partial charge in [0.1, 0.15) is 0 Å². The second-order valence-corrected chi connectivity index (χ2v) is 4.80. The Bertz CT molecular complexity index is 329. The van der Waals surface area contributed by atoms with Gasteiger partial charge in [0, 0.05) is 19.1 Å². The molecule has 1 aromatic rings. The molecule has 0 aromatic carbocycles. The number of hydrogen-bond acceptors (Lipinski definition) is 2. The van der Waals surface area contributed by atoms with Gasteiger partial charge in [0.15, 0.2) is 0 Å². The van der Waals surface area contributed by atoms with Crippen LogP contribution in [-0.2, 0) is 20.0 Å². The van der Waals surface area contributed by atoms with E-state index in [1.807, 2.05) is 11.7 Å². The topological polar surface area (TPSA) is 29.9 Å². The lowest BCUT2D eigenvalue weighted by molar-refractivity contribution is 0.285. The fourth-order valence-corrected chi connectivity index (χ4v) is 2.31. The monoisotopic (exact) mass is 237 g/mol. The molecule has 1 heterocycles. The highest BCUT2D eigenvalue weighted by atomic mass is 15.3. The number of aromatic nitrogens is 2. The first kappa shape index (κ1) is 14.2. The molecule has 0 saturated heterocycles. The van der Waals surface area contributed by atoms with Crippen LogP contribution in [0.5, 0.6) is 0 Å². The van der Waals surface area contributed by atoms with Gasteiger partial charge in [-0.3, -0.25) is 4.68 Å². The Labute approximate surface area is 106 Å². The smallest absolute Gasteiger partial charge is 0.0625 e. The van der Waals surface area contributed by atoms with Gasteiger partial charge < -0.3 is 5.32 Å². The van der Waals surface area contributed by atoms with Gasteiger partial charge in [0.05, 0.1) is 11.4 Å². The molecule has 3 heteroatoms. The van der Waals surface area contributed by atoms with E-state index in [1.54, 1.807) is 0 Å². The predicted octanol–water partition coefficient (Wildman–Crippen LogP) is 3.04. The van der Waals surface area contributed by atoms with Crippen LogP contribution < -0.4 is 5.32 Å². The summed E-state index contributed by atoms with van der Waals surface area (Å²) >= 11 is 0. The van der Waals surface area contributed by atoms with E-state index in [2.05, 4.69) is 44.2 Å². The van der Waals surface area contributed by atoms with Crippen molar-refractivity contribution in [1.29, 1.82) is 0 Å². The van der Waals surface area contributed by atoms with Crippen LogP contribution in [0.2, 0.25) is 0 Å². The first-order chi connectivity index (χ1) is 8.10. The lowest BCUT2D eigenvalue weighted by atomic mass is 9.90. The minimum Gasteiger partial charge on any atom is -0.306 e. The summed E-state index contributed by atoms with van der Waals surface area (Å²) in [4.78, 5) is 0. The fourth-order valence-electron chi connectivity index (χ4n) is 2.31. The molecule has 0 fully saturated rings. The van der Waals surface area contributed by atoms with Crippen molar-refractivity contribution < 1.29 is 0 Å². The van der Waals surface area contributed by atoms with Gasteiger partial charge in [-0.1, -0.05) is 27.7 Å². The van der Waals surface area contributed by atoms with E-state index in [9.17, 15) is 0 Å². The molecular formula is C14H27N3. The average molecular weight is 237 g/mol. The molecule has 0 aliphatic carbocycles. The molecule has 0 unspecified atom stereocenters. The number of nitrogens with zero attached hydrogens (tertiary/aromatic N) is 2. The van der Waals surface area contributed by atoms with Gasteiger partial charge >= 0.3 is 0 Å².